The van der Waals surface area contributed by atoms with Gasteiger partial charge in [-0.3, -0.25) is 4.90 Å². The third-order valence-corrected chi connectivity index (χ3v) is 4.82. The van der Waals surface area contributed by atoms with Crippen molar-refractivity contribution in [2.45, 2.75) is 13.1 Å². The van der Waals surface area contributed by atoms with E-state index >= 15 is 0 Å². The van der Waals surface area contributed by atoms with Crippen molar-refractivity contribution >= 4 is 9.84 Å². The summed E-state index contributed by atoms with van der Waals surface area (Å²) >= 11 is 0. The Morgan fingerprint density at radius 2 is 1.83 bits per heavy atom. The topological polar surface area (TPSA) is 63.4 Å². The number of hydrogen-bond donors (Lipinski definition) is 1. The van der Waals surface area contributed by atoms with E-state index in [0.717, 1.165) is 0 Å². The molecule has 1 aromatic carbocycles. The van der Waals surface area contributed by atoms with E-state index in [9.17, 15) is 12.8 Å². The Kier molecular flexibility index (Phi) is 3.99. The van der Waals surface area contributed by atoms with E-state index in [-0.39, 0.29) is 23.9 Å². The number of rotatable bonds is 3. The minimum absolute atomic E-state index is 0.158. The van der Waals surface area contributed by atoms with Gasteiger partial charge in [0.25, 0.3) is 0 Å². The molecule has 0 radical (unpaired) electrons. The zero-order valence-electron chi connectivity index (χ0n) is 10.1. The lowest BCUT2D eigenvalue weighted by molar-refractivity contribution is 0.283. The summed E-state index contributed by atoms with van der Waals surface area (Å²) in [5.41, 5.74) is 6.53. The minimum Gasteiger partial charge on any atom is -0.326 e. The quantitative estimate of drug-likeness (QED) is 0.871. The van der Waals surface area contributed by atoms with Gasteiger partial charge in [-0.2, -0.15) is 0 Å². The van der Waals surface area contributed by atoms with Gasteiger partial charge in [0, 0.05) is 37.3 Å². The molecule has 1 saturated heterocycles. The Bertz CT molecular complexity index is 517. The summed E-state index contributed by atoms with van der Waals surface area (Å²) in [6.07, 6.45) is 0. The Morgan fingerprint density at radius 3 is 2.44 bits per heavy atom. The van der Waals surface area contributed by atoms with Gasteiger partial charge in [0.05, 0.1) is 11.5 Å². The van der Waals surface area contributed by atoms with Crippen LogP contribution < -0.4 is 5.73 Å². The van der Waals surface area contributed by atoms with Crippen LogP contribution in [0.15, 0.2) is 18.2 Å². The second-order valence-corrected chi connectivity index (χ2v) is 6.83. The van der Waals surface area contributed by atoms with Crippen LogP contribution in [-0.4, -0.2) is 37.9 Å². The number of hydrogen-bond acceptors (Lipinski definition) is 4. The summed E-state index contributed by atoms with van der Waals surface area (Å²) in [5.74, 6) is 0.0459. The lowest BCUT2D eigenvalue weighted by Crippen LogP contribution is -2.39. The second-order valence-electron chi connectivity index (χ2n) is 4.52. The van der Waals surface area contributed by atoms with Crippen LogP contribution in [0.4, 0.5) is 4.39 Å². The van der Waals surface area contributed by atoms with Crippen molar-refractivity contribution in [3.8, 4) is 0 Å². The molecule has 0 atom stereocenters. The van der Waals surface area contributed by atoms with Gasteiger partial charge in [-0.1, -0.05) is 18.2 Å². The molecule has 0 aliphatic carbocycles. The van der Waals surface area contributed by atoms with E-state index in [1.54, 1.807) is 18.2 Å². The second kappa shape index (κ2) is 5.34. The number of benzene rings is 1. The van der Waals surface area contributed by atoms with Crippen LogP contribution in [0, 0.1) is 5.82 Å². The number of nitrogens with two attached hydrogens (primary N) is 1. The molecule has 4 nitrogen and oxygen atoms in total. The monoisotopic (exact) mass is 272 g/mol. The van der Waals surface area contributed by atoms with Crippen LogP contribution in [0.25, 0.3) is 0 Å². The van der Waals surface area contributed by atoms with Crippen molar-refractivity contribution in [2.75, 3.05) is 24.6 Å². The zero-order valence-corrected chi connectivity index (χ0v) is 10.9. The first-order valence-corrected chi connectivity index (χ1v) is 7.73. The first-order valence-electron chi connectivity index (χ1n) is 5.91. The predicted molar refractivity (Wildman–Crippen MR) is 68.2 cm³/mol. The van der Waals surface area contributed by atoms with Crippen LogP contribution >= 0.6 is 0 Å². The lowest BCUT2D eigenvalue weighted by atomic mass is 10.1. The molecule has 1 heterocycles. The van der Waals surface area contributed by atoms with Gasteiger partial charge in [-0.15, -0.1) is 0 Å². The fourth-order valence-corrected chi connectivity index (χ4v) is 3.34. The maximum Gasteiger partial charge on any atom is 0.152 e. The molecule has 0 saturated carbocycles. The molecule has 18 heavy (non-hydrogen) atoms. The van der Waals surface area contributed by atoms with Crippen molar-refractivity contribution in [3.05, 3.63) is 35.1 Å². The van der Waals surface area contributed by atoms with Gasteiger partial charge in [0.2, 0.25) is 0 Å². The van der Waals surface area contributed by atoms with E-state index in [1.807, 2.05) is 4.90 Å². The molecule has 100 valence electrons. The van der Waals surface area contributed by atoms with Crippen LogP contribution in [0.2, 0.25) is 0 Å². The van der Waals surface area contributed by atoms with Gasteiger partial charge in [0.1, 0.15) is 5.82 Å². The maximum atomic E-state index is 14.0. The number of halogens is 1. The molecule has 2 N–H and O–H groups in total. The number of nitrogens with zero attached hydrogens (tertiary/aromatic N) is 1. The van der Waals surface area contributed by atoms with Crippen molar-refractivity contribution in [2.24, 2.45) is 5.73 Å². The molecular weight excluding hydrogens is 255 g/mol. The Labute approximate surface area is 107 Å². The van der Waals surface area contributed by atoms with Crippen molar-refractivity contribution in [1.29, 1.82) is 0 Å². The summed E-state index contributed by atoms with van der Waals surface area (Å²) in [6, 6.07) is 5.17. The molecule has 1 fully saturated rings. The highest BCUT2D eigenvalue weighted by molar-refractivity contribution is 7.91. The van der Waals surface area contributed by atoms with Crippen LogP contribution in [-0.2, 0) is 22.9 Å². The van der Waals surface area contributed by atoms with Gasteiger partial charge in [-0.25, -0.2) is 12.8 Å². The fraction of sp³-hybridized carbons (Fsp3) is 0.500. The Morgan fingerprint density at radius 1 is 1.22 bits per heavy atom. The fourth-order valence-electron chi connectivity index (χ4n) is 2.06. The van der Waals surface area contributed by atoms with Crippen molar-refractivity contribution in [1.82, 2.24) is 4.90 Å². The van der Waals surface area contributed by atoms with Crippen LogP contribution in [0.5, 0.6) is 0 Å². The van der Waals surface area contributed by atoms with Gasteiger partial charge >= 0.3 is 0 Å². The predicted octanol–water partition coefficient (Wildman–Crippen LogP) is 0.515. The third-order valence-electron chi connectivity index (χ3n) is 3.21. The maximum absolute atomic E-state index is 14.0. The molecule has 1 aromatic rings. The Hall–Kier alpha value is -0.980. The van der Waals surface area contributed by atoms with Crippen LogP contribution in [0.3, 0.4) is 0 Å². The molecule has 1 aliphatic heterocycles. The summed E-state index contributed by atoms with van der Waals surface area (Å²) in [5, 5.41) is 0. The minimum atomic E-state index is -2.89. The average Bonchev–Trinajstić information content (AvgIpc) is 2.34. The zero-order chi connectivity index (χ0) is 13.2. The van der Waals surface area contributed by atoms with E-state index in [1.165, 1.54) is 0 Å². The largest absolute Gasteiger partial charge is 0.326 e. The summed E-state index contributed by atoms with van der Waals surface area (Å²) < 4.78 is 36.6. The lowest BCUT2D eigenvalue weighted by Gasteiger charge is -2.26. The van der Waals surface area contributed by atoms with Gasteiger partial charge in [0.15, 0.2) is 9.84 Å². The first-order chi connectivity index (χ1) is 8.52. The highest BCUT2D eigenvalue weighted by Crippen LogP contribution is 2.16. The van der Waals surface area contributed by atoms with E-state index < -0.39 is 9.84 Å². The van der Waals surface area contributed by atoms with Crippen molar-refractivity contribution < 1.29 is 12.8 Å². The van der Waals surface area contributed by atoms with E-state index in [2.05, 4.69) is 0 Å². The number of sulfone groups is 1. The van der Waals surface area contributed by atoms with E-state index in [0.29, 0.717) is 30.8 Å². The highest BCUT2D eigenvalue weighted by Gasteiger charge is 2.22. The SMILES string of the molecule is NCc1cccc(CN2CCS(=O)(=O)CC2)c1F. The average molecular weight is 272 g/mol. The molecule has 0 unspecified atom stereocenters. The molecular formula is C12H17FN2O2S. The standard InChI is InChI=1S/C12H17FN2O2S/c13-12-10(8-14)2-1-3-11(12)9-15-4-6-18(16,17)7-5-15/h1-3H,4-9,14H2. The summed E-state index contributed by atoms with van der Waals surface area (Å²) in [6.45, 7) is 1.55. The molecule has 6 heteroatoms. The van der Waals surface area contributed by atoms with Crippen molar-refractivity contribution in [3.63, 3.8) is 0 Å². The highest BCUT2D eigenvalue weighted by atomic mass is 32.2. The Balaban J connectivity index is 2.07. The van der Waals surface area contributed by atoms with Gasteiger partial charge < -0.3 is 5.73 Å². The summed E-state index contributed by atoms with van der Waals surface area (Å²) in [4.78, 5) is 1.96. The van der Waals surface area contributed by atoms with E-state index in [4.69, 9.17) is 5.73 Å². The third kappa shape index (κ3) is 3.07. The van der Waals surface area contributed by atoms with Gasteiger partial charge in [-0.05, 0) is 0 Å². The molecule has 1 aliphatic rings. The summed E-state index contributed by atoms with van der Waals surface area (Å²) in [7, 11) is -2.89. The van der Waals surface area contributed by atoms with Crippen LogP contribution in [0.1, 0.15) is 11.1 Å². The molecule has 0 aromatic heterocycles. The molecule has 0 amide bonds. The molecule has 0 bridgehead atoms. The molecule has 2 rings (SSSR count). The molecule has 0 spiro atoms. The normalized spacial score (nSPS) is 19.9. The smallest absolute Gasteiger partial charge is 0.152 e. The first kappa shape index (κ1) is 13.5.